The molecule has 128 valence electrons. The van der Waals surface area contributed by atoms with Crippen molar-refractivity contribution in [1.82, 2.24) is 20.2 Å². The van der Waals surface area contributed by atoms with Gasteiger partial charge in [-0.15, -0.1) is 24.8 Å². The van der Waals surface area contributed by atoms with E-state index >= 15 is 0 Å². The molecule has 0 bridgehead atoms. The van der Waals surface area contributed by atoms with Crippen molar-refractivity contribution < 1.29 is 4.79 Å². The van der Waals surface area contributed by atoms with Crippen LogP contribution in [0.2, 0.25) is 0 Å². The fourth-order valence-electron chi connectivity index (χ4n) is 2.63. The van der Waals surface area contributed by atoms with Crippen LogP contribution >= 0.6 is 24.8 Å². The Morgan fingerprint density at radius 1 is 1.50 bits per heavy atom. The van der Waals surface area contributed by atoms with Gasteiger partial charge in [0.2, 0.25) is 5.91 Å². The van der Waals surface area contributed by atoms with Crippen LogP contribution in [0.25, 0.3) is 0 Å². The van der Waals surface area contributed by atoms with E-state index in [1.807, 2.05) is 6.20 Å². The summed E-state index contributed by atoms with van der Waals surface area (Å²) in [5.74, 6) is 2.32. The van der Waals surface area contributed by atoms with Gasteiger partial charge in [0.05, 0.1) is 6.54 Å². The molecule has 0 aliphatic carbocycles. The Balaban J connectivity index is 0.00000220. The van der Waals surface area contributed by atoms with E-state index in [4.69, 9.17) is 0 Å². The Labute approximate surface area is 145 Å². The van der Waals surface area contributed by atoms with E-state index in [0.29, 0.717) is 24.8 Å². The number of hydrogen-bond donors (Lipinski definition) is 2. The highest BCUT2D eigenvalue weighted by Gasteiger charge is 2.15. The van der Waals surface area contributed by atoms with Gasteiger partial charge in [0, 0.05) is 25.4 Å². The van der Waals surface area contributed by atoms with E-state index < -0.39 is 0 Å². The van der Waals surface area contributed by atoms with E-state index in [0.717, 1.165) is 31.9 Å². The number of carbonyl (C=O) groups is 1. The molecule has 0 saturated carbocycles. The Hall–Kier alpha value is -0.780. The van der Waals surface area contributed by atoms with Crippen molar-refractivity contribution in [2.45, 2.75) is 46.2 Å². The van der Waals surface area contributed by atoms with Crippen LogP contribution in [0.3, 0.4) is 0 Å². The van der Waals surface area contributed by atoms with Crippen molar-refractivity contribution in [2.75, 3.05) is 13.1 Å². The fraction of sp³-hybridized carbons (Fsp3) is 0.733. The van der Waals surface area contributed by atoms with Crippen molar-refractivity contribution in [1.29, 1.82) is 0 Å². The molecular weight excluding hydrogens is 323 g/mol. The number of aromatic nitrogens is 2. The monoisotopic (exact) mass is 350 g/mol. The van der Waals surface area contributed by atoms with Gasteiger partial charge in [-0.25, -0.2) is 4.98 Å². The second kappa shape index (κ2) is 10.9. The number of hydrogen-bond acceptors (Lipinski definition) is 3. The van der Waals surface area contributed by atoms with Crippen LogP contribution in [-0.2, 0) is 17.9 Å². The lowest BCUT2D eigenvalue weighted by Gasteiger charge is -2.11. The SMILES string of the molecule is CC(C)Cn1ccnc1CNC(=O)CCC1CCNC1.Cl.Cl. The molecule has 1 aromatic rings. The number of nitrogens with one attached hydrogen (secondary N) is 2. The Morgan fingerprint density at radius 3 is 2.91 bits per heavy atom. The standard InChI is InChI=1S/C15H26N4O.2ClH/c1-12(2)11-19-8-7-17-14(19)10-18-15(20)4-3-13-5-6-16-9-13;;/h7-8,12-13,16H,3-6,9-11H2,1-2H3,(H,18,20);2*1H. The first-order valence-corrected chi connectivity index (χ1v) is 7.62. The van der Waals surface area contributed by atoms with E-state index in [9.17, 15) is 4.79 Å². The molecule has 1 aliphatic heterocycles. The first kappa shape index (κ1) is 21.2. The molecule has 2 heterocycles. The second-order valence-electron chi connectivity index (χ2n) is 6.06. The topological polar surface area (TPSA) is 59.0 Å². The zero-order valence-corrected chi connectivity index (χ0v) is 15.0. The molecule has 2 rings (SSSR count). The summed E-state index contributed by atoms with van der Waals surface area (Å²) in [6, 6.07) is 0. The van der Waals surface area contributed by atoms with Crippen molar-refractivity contribution >= 4 is 30.7 Å². The van der Waals surface area contributed by atoms with Gasteiger partial charge in [0.1, 0.15) is 5.82 Å². The van der Waals surface area contributed by atoms with Gasteiger partial charge in [0.15, 0.2) is 0 Å². The molecule has 7 heteroatoms. The molecular formula is C15H28Cl2N4O. The highest BCUT2D eigenvalue weighted by atomic mass is 35.5. The number of imidazole rings is 1. The smallest absolute Gasteiger partial charge is 0.220 e. The summed E-state index contributed by atoms with van der Waals surface area (Å²) < 4.78 is 2.12. The summed E-state index contributed by atoms with van der Waals surface area (Å²) in [4.78, 5) is 16.2. The number of rotatable bonds is 7. The van der Waals surface area contributed by atoms with Crippen LogP contribution in [0, 0.1) is 11.8 Å². The van der Waals surface area contributed by atoms with E-state index in [2.05, 4.69) is 34.0 Å². The van der Waals surface area contributed by atoms with Crippen molar-refractivity contribution in [3.63, 3.8) is 0 Å². The van der Waals surface area contributed by atoms with Gasteiger partial charge in [-0.1, -0.05) is 13.8 Å². The maximum atomic E-state index is 11.9. The molecule has 0 spiro atoms. The van der Waals surface area contributed by atoms with Crippen LogP contribution in [0.4, 0.5) is 0 Å². The van der Waals surface area contributed by atoms with E-state index in [-0.39, 0.29) is 30.7 Å². The Morgan fingerprint density at radius 2 is 2.27 bits per heavy atom. The van der Waals surface area contributed by atoms with Crippen LogP contribution in [0.15, 0.2) is 12.4 Å². The third-order valence-corrected chi connectivity index (χ3v) is 3.75. The normalized spacial score (nSPS) is 17.0. The van der Waals surface area contributed by atoms with Gasteiger partial charge >= 0.3 is 0 Å². The maximum Gasteiger partial charge on any atom is 0.220 e. The zero-order chi connectivity index (χ0) is 14.4. The molecule has 1 atom stereocenters. The summed E-state index contributed by atoms with van der Waals surface area (Å²) >= 11 is 0. The van der Waals surface area contributed by atoms with Gasteiger partial charge in [-0.05, 0) is 37.8 Å². The van der Waals surface area contributed by atoms with Gasteiger partial charge in [0.25, 0.3) is 0 Å². The third kappa shape index (κ3) is 6.99. The van der Waals surface area contributed by atoms with E-state index in [1.165, 1.54) is 6.42 Å². The summed E-state index contributed by atoms with van der Waals surface area (Å²) in [6.45, 7) is 7.99. The predicted molar refractivity (Wildman–Crippen MR) is 93.6 cm³/mol. The lowest BCUT2D eigenvalue weighted by atomic mass is 10.0. The highest BCUT2D eigenvalue weighted by Crippen LogP contribution is 2.14. The fourth-order valence-corrected chi connectivity index (χ4v) is 2.63. The van der Waals surface area contributed by atoms with Gasteiger partial charge < -0.3 is 15.2 Å². The molecule has 1 aliphatic rings. The molecule has 0 radical (unpaired) electrons. The molecule has 2 N–H and O–H groups in total. The first-order chi connectivity index (χ1) is 9.65. The highest BCUT2D eigenvalue weighted by molar-refractivity contribution is 5.85. The largest absolute Gasteiger partial charge is 0.349 e. The predicted octanol–water partition coefficient (Wildman–Crippen LogP) is 2.39. The number of halogens is 2. The average molecular weight is 351 g/mol. The van der Waals surface area contributed by atoms with Crippen molar-refractivity contribution in [3.8, 4) is 0 Å². The lowest BCUT2D eigenvalue weighted by molar-refractivity contribution is -0.121. The Kier molecular flexibility index (Phi) is 10.5. The minimum Gasteiger partial charge on any atom is -0.349 e. The first-order valence-electron chi connectivity index (χ1n) is 7.62. The third-order valence-electron chi connectivity index (χ3n) is 3.75. The molecule has 1 unspecified atom stereocenters. The number of amides is 1. The minimum atomic E-state index is 0. The van der Waals surface area contributed by atoms with Crippen LogP contribution in [0.1, 0.15) is 38.9 Å². The van der Waals surface area contributed by atoms with Crippen LogP contribution in [-0.4, -0.2) is 28.5 Å². The number of carbonyl (C=O) groups excluding carboxylic acids is 1. The zero-order valence-electron chi connectivity index (χ0n) is 13.4. The minimum absolute atomic E-state index is 0. The average Bonchev–Trinajstić information content (AvgIpc) is 3.04. The van der Waals surface area contributed by atoms with E-state index in [1.54, 1.807) is 6.20 Å². The van der Waals surface area contributed by atoms with Crippen molar-refractivity contribution in [3.05, 3.63) is 18.2 Å². The summed E-state index contributed by atoms with van der Waals surface area (Å²) in [6.07, 6.45) is 6.59. The van der Waals surface area contributed by atoms with Gasteiger partial charge in [-0.3, -0.25) is 4.79 Å². The van der Waals surface area contributed by atoms with Gasteiger partial charge in [-0.2, -0.15) is 0 Å². The maximum absolute atomic E-state index is 11.9. The summed E-state index contributed by atoms with van der Waals surface area (Å²) in [5.41, 5.74) is 0. The molecule has 1 amide bonds. The van der Waals surface area contributed by atoms with Crippen LogP contribution in [0.5, 0.6) is 0 Å². The molecule has 1 fully saturated rings. The molecule has 1 saturated heterocycles. The lowest BCUT2D eigenvalue weighted by Crippen LogP contribution is -2.25. The Bertz CT molecular complexity index is 431. The number of nitrogens with zero attached hydrogens (tertiary/aromatic N) is 2. The molecule has 5 nitrogen and oxygen atoms in total. The molecule has 0 aromatic carbocycles. The molecule has 1 aromatic heterocycles. The van der Waals surface area contributed by atoms with Crippen molar-refractivity contribution in [2.24, 2.45) is 11.8 Å². The van der Waals surface area contributed by atoms with Crippen LogP contribution < -0.4 is 10.6 Å². The second-order valence-corrected chi connectivity index (χ2v) is 6.06. The summed E-state index contributed by atoms with van der Waals surface area (Å²) in [7, 11) is 0. The quantitative estimate of drug-likeness (QED) is 0.793. The summed E-state index contributed by atoms with van der Waals surface area (Å²) in [5, 5.41) is 6.31. The molecule has 22 heavy (non-hydrogen) atoms.